The Morgan fingerprint density at radius 3 is 2.63 bits per heavy atom. The van der Waals surface area contributed by atoms with E-state index >= 15 is 0 Å². The average molecular weight is 590 g/mol. The number of methoxy groups -OCH3 is 1. The number of nitrogens with one attached hydrogen (secondary N) is 2. The van der Waals surface area contributed by atoms with E-state index in [1.54, 1.807) is 25.3 Å². The van der Waals surface area contributed by atoms with Gasteiger partial charge in [0, 0.05) is 32.3 Å². The predicted molar refractivity (Wildman–Crippen MR) is 151 cm³/mol. The Hall–Kier alpha value is -3.54. The van der Waals surface area contributed by atoms with E-state index < -0.39 is 14.8 Å². The second-order valence-electron chi connectivity index (χ2n) is 8.91. The molecule has 1 saturated heterocycles. The zero-order chi connectivity index (χ0) is 29.5. The number of amides is 2. The van der Waals surface area contributed by atoms with Crippen molar-refractivity contribution in [1.29, 1.82) is 0 Å². The molecule has 12 nitrogen and oxygen atoms in total. The second-order valence-corrected chi connectivity index (χ2v) is 10.2. The molecule has 4 unspecified atom stereocenters. The van der Waals surface area contributed by atoms with Gasteiger partial charge in [0.25, 0.3) is 0 Å². The minimum atomic E-state index is -1.65. The molecule has 2 aromatic rings. The molecule has 4 rings (SSSR count). The van der Waals surface area contributed by atoms with E-state index in [0.717, 1.165) is 0 Å². The first-order valence-corrected chi connectivity index (χ1v) is 14.1. The van der Waals surface area contributed by atoms with Crippen LogP contribution in [-0.4, -0.2) is 69.9 Å². The maximum absolute atomic E-state index is 12.2. The molecule has 2 heterocycles. The van der Waals surface area contributed by atoms with Crippen LogP contribution in [0.4, 0.5) is 4.79 Å². The van der Waals surface area contributed by atoms with Crippen LogP contribution < -0.4 is 24.4 Å². The van der Waals surface area contributed by atoms with E-state index in [4.69, 9.17) is 28.0 Å². The highest BCUT2D eigenvalue weighted by atomic mass is 31.2. The Balaban J connectivity index is 0.000000436. The number of hydrogen-bond donors (Lipinski definition) is 2. The summed E-state index contributed by atoms with van der Waals surface area (Å²) < 4.78 is 33.3. The van der Waals surface area contributed by atoms with Gasteiger partial charge in [0.1, 0.15) is 24.5 Å². The van der Waals surface area contributed by atoms with Crippen LogP contribution in [0, 0.1) is 5.92 Å². The molecule has 0 radical (unpaired) electrons. The van der Waals surface area contributed by atoms with Gasteiger partial charge in [-0.3, -0.25) is 9.69 Å². The number of urea groups is 1. The first-order valence-electron chi connectivity index (χ1n) is 13.0. The van der Waals surface area contributed by atoms with Gasteiger partial charge in [-0.2, -0.15) is 0 Å². The van der Waals surface area contributed by atoms with Crippen molar-refractivity contribution in [3.63, 3.8) is 0 Å². The van der Waals surface area contributed by atoms with Crippen LogP contribution >= 0.6 is 8.53 Å². The fourth-order valence-electron chi connectivity index (χ4n) is 4.03. The summed E-state index contributed by atoms with van der Waals surface area (Å²) in [6, 6.07) is 14.9. The first kappa shape index (κ1) is 32.0. The normalized spacial score (nSPS) is 19.6. The van der Waals surface area contributed by atoms with E-state index in [1.807, 2.05) is 37.3 Å². The lowest BCUT2D eigenvalue weighted by Gasteiger charge is -2.27. The number of aldehydes is 2. The molecule has 4 atom stereocenters. The van der Waals surface area contributed by atoms with Gasteiger partial charge < -0.3 is 38.1 Å². The molecule has 41 heavy (non-hydrogen) atoms. The molecule has 0 saturated carbocycles. The number of rotatable bonds is 13. The van der Waals surface area contributed by atoms with Gasteiger partial charge in [0.2, 0.25) is 6.79 Å². The molecular formula is C28H36N3O9P. The number of hydrogen-bond acceptors (Lipinski definition) is 10. The lowest BCUT2D eigenvalue weighted by molar-refractivity contribution is -0.107. The Morgan fingerprint density at radius 2 is 1.93 bits per heavy atom. The van der Waals surface area contributed by atoms with Crippen molar-refractivity contribution < 1.29 is 42.4 Å². The van der Waals surface area contributed by atoms with Crippen molar-refractivity contribution in [2.75, 3.05) is 34.1 Å². The van der Waals surface area contributed by atoms with Gasteiger partial charge >= 0.3 is 14.6 Å². The number of nitrogens with zero attached hydrogens (tertiary/aromatic N) is 1. The van der Waals surface area contributed by atoms with Crippen LogP contribution in [0.15, 0.2) is 60.8 Å². The third kappa shape index (κ3) is 10.1. The van der Waals surface area contributed by atoms with Crippen molar-refractivity contribution in [2.24, 2.45) is 5.92 Å². The van der Waals surface area contributed by atoms with Crippen molar-refractivity contribution >= 4 is 27.1 Å². The second kappa shape index (κ2) is 17.3. The van der Waals surface area contributed by atoms with E-state index in [9.17, 15) is 14.4 Å². The van der Waals surface area contributed by atoms with Crippen molar-refractivity contribution in [1.82, 2.24) is 15.3 Å². The van der Waals surface area contributed by atoms with Gasteiger partial charge in [-0.05, 0) is 30.2 Å². The minimum Gasteiger partial charge on any atom is -0.454 e. The third-order valence-electron chi connectivity index (χ3n) is 5.87. The van der Waals surface area contributed by atoms with Gasteiger partial charge in [-0.25, -0.2) is 9.88 Å². The highest BCUT2D eigenvalue weighted by Gasteiger charge is 2.38. The van der Waals surface area contributed by atoms with Crippen LogP contribution in [-0.2, 0) is 30.2 Å². The molecule has 1 fully saturated rings. The molecule has 2 aromatic carbocycles. The zero-order valence-electron chi connectivity index (χ0n) is 23.3. The lowest BCUT2D eigenvalue weighted by Crippen LogP contribution is -2.44. The minimum absolute atomic E-state index is 0.00106. The quantitative estimate of drug-likeness (QED) is 0.202. The fraction of sp³-hybridized carbons (Fsp3) is 0.393. The molecule has 2 aliphatic heterocycles. The van der Waals surface area contributed by atoms with Crippen molar-refractivity contribution in [3.05, 3.63) is 66.4 Å². The summed E-state index contributed by atoms with van der Waals surface area (Å²) in [5.74, 6) is 1.71. The van der Waals surface area contributed by atoms with Gasteiger partial charge in [0.15, 0.2) is 11.5 Å². The molecule has 2 amide bonds. The molecule has 2 aliphatic rings. The van der Waals surface area contributed by atoms with Crippen LogP contribution in [0.1, 0.15) is 18.9 Å². The molecule has 222 valence electrons. The third-order valence-corrected chi connectivity index (χ3v) is 7.07. The number of allylic oxidation sites excluding steroid dienone is 1. The molecular weight excluding hydrogens is 553 g/mol. The lowest BCUT2D eigenvalue weighted by atomic mass is 10.1. The maximum Gasteiger partial charge on any atom is 0.323 e. The van der Waals surface area contributed by atoms with Crippen LogP contribution in [0.3, 0.4) is 0 Å². The van der Waals surface area contributed by atoms with E-state index in [2.05, 4.69) is 10.4 Å². The van der Waals surface area contributed by atoms with Crippen molar-refractivity contribution in [2.45, 2.75) is 32.3 Å². The largest absolute Gasteiger partial charge is 0.454 e. The fourth-order valence-corrected chi connectivity index (χ4v) is 5.07. The summed E-state index contributed by atoms with van der Waals surface area (Å²) in [6.07, 6.45) is 3.70. The average Bonchev–Trinajstić information content (AvgIpc) is 3.61. The van der Waals surface area contributed by atoms with Crippen molar-refractivity contribution in [3.8, 4) is 17.2 Å². The van der Waals surface area contributed by atoms with E-state index in [1.165, 1.54) is 29.8 Å². The standard InChI is InChI=1S/C20H26N3O8P.C8H10O/c1-14-10-16(30-19(14)23(7-3-8-24)20(26)21-2)12-29-32(22-6-9-25)31-15-4-5-17-18(11-15)28-13-27-17;1-9-7-8-5-3-2-4-6-8/h3-5,7-9,11,14,16,19,22H,6,10,12-13H2,1-2H3,(H,21,26);2-6H,7H2,1H3/b7-3-;. The summed E-state index contributed by atoms with van der Waals surface area (Å²) in [6.45, 7) is 3.05. The van der Waals surface area contributed by atoms with Crippen LogP contribution in [0.5, 0.6) is 17.2 Å². The monoisotopic (exact) mass is 589 g/mol. The summed E-state index contributed by atoms with van der Waals surface area (Å²) in [5, 5.41) is 5.44. The highest BCUT2D eigenvalue weighted by molar-refractivity contribution is 7.45. The number of benzene rings is 2. The van der Waals surface area contributed by atoms with E-state index in [-0.39, 0.29) is 38.0 Å². The SMILES string of the molecule is CNC(=O)N(/C=C\C=O)C1OC(COP(NCC=O)Oc2ccc3c(c2)OCO3)CC1C.COCc1ccccc1. The number of ether oxygens (including phenoxy) is 4. The maximum atomic E-state index is 12.2. The van der Waals surface area contributed by atoms with Gasteiger partial charge in [-0.1, -0.05) is 37.3 Å². The zero-order valence-corrected chi connectivity index (χ0v) is 24.2. The Morgan fingerprint density at radius 1 is 1.15 bits per heavy atom. The predicted octanol–water partition coefficient (Wildman–Crippen LogP) is 3.76. The Bertz CT molecular complexity index is 1140. The first-order chi connectivity index (χ1) is 20.0. The number of fused-ring (bicyclic) bond motifs is 1. The van der Waals surface area contributed by atoms with E-state index in [0.29, 0.717) is 42.8 Å². The molecule has 2 N–H and O–H groups in total. The molecule has 0 bridgehead atoms. The van der Waals surface area contributed by atoms with Crippen LogP contribution in [0.2, 0.25) is 0 Å². The summed E-state index contributed by atoms with van der Waals surface area (Å²) >= 11 is 0. The summed E-state index contributed by atoms with van der Waals surface area (Å²) in [5.41, 5.74) is 1.22. The number of carbonyl (C=O) groups is 3. The van der Waals surface area contributed by atoms with Gasteiger partial charge in [-0.15, -0.1) is 0 Å². The molecule has 13 heteroatoms. The Labute approximate surface area is 240 Å². The number of carbonyl (C=O) groups excluding carboxylic acids is 3. The molecule has 0 aliphatic carbocycles. The van der Waals surface area contributed by atoms with Crippen LogP contribution in [0.25, 0.3) is 0 Å². The van der Waals surface area contributed by atoms with Gasteiger partial charge in [0.05, 0.1) is 25.9 Å². The summed E-state index contributed by atoms with van der Waals surface area (Å²) in [7, 11) is 1.56. The Kier molecular flexibility index (Phi) is 13.5. The topological polar surface area (TPSA) is 134 Å². The summed E-state index contributed by atoms with van der Waals surface area (Å²) in [4.78, 5) is 35.0. The molecule has 0 aromatic heterocycles. The highest BCUT2D eigenvalue weighted by Crippen LogP contribution is 2.41. The smallest absolute Gasteiger partial charge is 0.323 e. The molecule has 0 spiro atoms.